The molecule has 0 aliphatic carbocycles. The van der Waals surface area contributed by atoms with E-state index in [1.807, 2.05) is 38.1 Å². The van der Waals surface area contributed by atoms with Crippen LogP contribution in [0.3, 0.4) is 0 Å². The molecule has 1 atom stereocenters. The molecule has 3 aromatic rings. The minimum Gasteiger partial charge on any atom is -0.481 e. The monoisotopic (exact) mass is 439 g/mol. The molecular formula is C23H23F2N5O2. The van der Waals surface area contributed by atoms with E-state index >= 15 is 0 Å². The fourth-order valence-corrected chi connectivity index (χ4v) is 3.79. The van der Waals surface area contributed by atoms with Crippen LogP contribution in [0.1, 0.15) is 36.0 Å². The first-order valence-corrected chi connectivity index (χ1v) is 10.3. The fourth-order valence-electron chi connectivity index (χ4n) is 3.79. The second kappa shape index (κ2) is 9.25. The number of nitrogens with zero attached hydrogens (tertiary/aromatic N) is 4. The van der Waals surface area contributed by atoms with Gasteiger partial charge in [-0.25, -0.2) is 23.7 Å². The average Bonchev–Trinajstić information content (AvgIpc) is 3.22. The van der Waals surface area contributed by atoms with Gasteiger partial charge in [0, 0.05) is 24.0 Å². The summed E-state index contributed by atoms with van der Waals surface area (Å²) in [5.74, 6) is -0.948. The molecule has 0 bridgehead atoms. The minimum atomic E-state index is -0.843. The van der Waals surface area contributed by atoms with Crippen molar-refractivity contribution in [3.05, 3.63) is 71.2 Å². The molecule has 166 valence electrons. The number of halogens is 2. The molecule has 4 rings (SSSR count). The highest BCUT2D eigenvalue weighted by molar-refractivity contribution is 5.78. The summed E-state index contributed by atoms with van der Waals surface area (Å²) >= 11 is 0. The maximum atomic E-state index is 13.8. The number of anilines is 2. The van der Waals surface area contributed by atoms with Crippen molar-refractivity contribution >= 4 is 17.7 Å². The molecule has 7 nitrogen and oxygen atoms in total. The topological polar surface area (TPSA) is 80.2 Å². The Bertz CT molecular complexity index is 1120. The molecule has 1 saturated heterocycles. The van der Waals surface area contributed by atoms with Gasteiger partial charge in [-0.3, -0.25) is 4.79 Å². The van der Waals surface area contributed by atoms with E-state index in [0.29, 0.717) is 18.3 Å². The first-order chi connectivity index (χ1) is 15.4. The van der Waals surface area contributed by atoms with Crippen LogP contribution in [0.25, 0.3) is 0 Å². The Morgan fingerprint density at radius 3 is 2.66 bits per heavy atom. The van der Waals surface area contributed by atoms with Crippen molar-refractivity contribution in [3.8, 4) is 5.75 Å². The molecule has 32 heavy (non-hydrogen) atoms. The van der Waals surface area contributed by atoms with Gasteiger partial charge >= 0.3 is 0 Å². The quantitative estimate of drug-likeness (QED) is 0.619. The number of benzene rings is 1. The lowest BCUT2D eigenvalue weighted by Gasteiger charge is -2.24. The van der Waals surface area contributed by atoms with E-state index in [2.05, 4.69) is 20.3 Å². The summed E-state index contributed by atoms with van der Waals surface area (Å²) in [6.45, 7) is 4.00. The largest absolute Gasteiger partial charge is 0.481 e. The van der Waals surface area contributed by atoms with Crippen molar-refractivity contribution in [2.75, 3.05) is 18.5 Å². The molecule has 9 heteroatoms. The van der Waals surface area contributed by atoms with E-state index < -0.39 is 11.6 Å². The molecule has 3 heterocycles. The predicted octanol–water partition coefficient (Wildman–Crippen LogP) is 4.25. The van der Waals surface area contributed by atoms with Gasteiger partial charge in [0.05, 0.1) is 11.7 Å². The highest BCUT2D eigenvalue weighted by Gasteiger charge is 2.31. The molecule has 1 amide bonds. The molecule has 1 aromatic carbocycles. The lowest BCUT2D eigenvalue weighted by atomic mass is 10.1. The molecule has 1 aliphatic rings. The van der Waals surface area contributed by atoms with Crippen LogP contribution in [0.4, 0.5) is 20.5 Å². The molecule has 0 spiro atoms. The maximum absolute atomic E-state index is 13.8. The number of likely N-dealkylation sites (tertiary alicyclic amines) is 1. The fraction of sp³-hybridized carbons (Fsp3) is 0.304. The van der Waals surface area contributed by atoms with Gasteiger partial charge in [-0.15, -0.1) is 0 Å². The van der Waals surface area contributed by atoms with Crippen LogP contribution in [0.15, 0.2) is 42.5 Å². The normalized spacial score (nSPS) is 15.6. The highest BCUT2D eigenvalue weighted by atomic mass is 19.1. The third-order valence-electron chi connectivity index (χ3n) is 5.15. The van der Waals surface area contributed by atoms with Gasteiger partial charge in [0.1, 0.15) is 11.6 Å². The Hall–Kier alpha value is -3.62. The summed E-state index contributed by atoms with van der Waals surface area (Å²) in [4.78, 5) is 27.8. The summed E-state index contributed by atoms with van der Waals surface area (Å²) in [6.07, 6.45) is 1.58. The van der Waals surface area contributed by atoms with Gasteiger partial charge in [-0.2, -0.15) is 0 Å². The van der Waals surface area contributed by atoms with Gasteiger partial charge in [0.25, 0.3) is 5.91 Å². The summed E-state index contributed by atoms with van der Waals surface area (Å²) < 4.78 is 32.1. The van der Waals surface area contributed by atoms with Crippen molar-refractivity contribution in [1.29, 1.82) is 0 Å². The van der Waals surface area contributed by atoms with Gasteiger partial charge in [-0.05, 0) is 57.0 Å². The van der Waals surface area contributed by atoms with Crippen LogP contribution >= 0.6 is 0 Å². The number of aromatic nitrogens is 3. The van der Waals surface area contributed by atoms with Crippen molar-refractivity contribution in [1.82, 2.24) is 19.9 Å². The molecular weight excluding hydrogens is 416 g/mol. The molecule has 1 fully saturated rings. The van der Waals surface area contributed by atoms with E-state index in [4.69, 9.17) is 4.74 Å². The summed E-state index contributed by atoms with van der Waals surface area (Å²) in [5.41, 5.74) is 2.43. The number of carbonyl (C=O) groups excluding carboxylic acids is 1. The lowest BCUT2D eigenvalue weighted by molar-refractivity contribution is -0.134. The Morgan fingerprint density at radius 1 is 1.12 bits per heavy atom. The third-order valence-corrected chi connectivity index (χ3v) is 5.15. The van der Waals surface area contributed by atoms with E-state index in [-0.39, 0.29) is 24.3 Å². The van der Waals surface area contributed by atoms with Crippen molar-refractivity contribution in [3.63, 3.8) is 0 Å². The van der Waals surface area contributed by atoms with Crippen LogP contribution < -0.4 is 10.1 Å². The number of pyridine rings is 1. The van der Waals surface area contributed by atoms with Crippen LogP contribution in [0.5, 0.6) is 5.75 Å². The summed E-state index contributed by atoms with van der Waals surface area (Å²) in [6, 6.07) is 10.2. The Morgan fingerprint density at radius 2 is 1.91 bits per heavy atom. The van der Waals surface area contributed by atoms with E-state index in [0.717, 1.165) is 42.1 Å². The van der Waals surface area contributed by atoms with Crippen LogP contribution in [-0.4, -0.2) is 38.9 Å². The lowest BCUT2D eigenvalue weighted by Crippen LogP contribution is -2.34. The van der Waals surface area contributed by atoms with Gasteiger partial charge in [-0.1, -0.05) is 6.07 Å². The Labute approximate surface area is 184 Å². The summed E-state index contributed by atoms with van der Waals surface area (Å²) in [7, 11) is 0. The Kier molecular flexibility index (Phi) is 6.25. The molecule has 2 aromatic heterocycles. The number of nitrogens with one attached hydrogen (secondary N) is 1. The average molecular weight is 439 g/mol. The standard InChI is InChI=1S/C23H23F2N5O2/c1-14-11-15(2)27-23(26-14)29-21-7-3-5-18(28-21)19-6-4-10-30(19)22(31)13-32-20-9-8-16(24)12-17(20)25/h3,5,7-9,11-12,19H,4,6,10,13H2,1-2H3,(H,26,27,28,29)/t19-/m1/s1. The second-order valence-corrected chi connectivity index (χ2v) is 7.66. The van der Waals surface area contributed by atoms with E-state index in [9.17, 15) is 13.6 Å². The number of hydrogen-bond acceptors (Lipinski definition) is 6. The number of aryl methyl sites for hydroxylation is 2. The molecule has 0 unspecified atom stereocenters. The molecule has 1 aliphatic heterocycles. The third kappa shape index (κ3) is 4.99. The second-order valence-electron chi connectivity index (χ2n) is 7.66. The van der Waals surface area contributed by atoms with Crippen LogP contribution in [-0.2, 0) is 4.79 Å². The smallest absolute Gasteiger partial charge is 0.261 e. The van der Waals surface area contributed by atoms with Gasteiger partial charge in [0.15, 0.2) is 18.2 Å². The number of amides is 1. The number of ether oxygens (including phenoxy) is 1. The molecule has 1 N–H and O–H groups in total. The Balaban J connectivity index is 1.45. The van der Waals surface area contributed by atoms with E-state index in [1.165, 1.54) is 6.07 Å². The number of hydrogen-bond donors (Lipinski definition) is 1. The molecule has 0 radical (unpaired) electrons. The first kappa shape index (κ1) is 21.6. The predicted molar refractivity (Wildman–Crippen MR) is 115 cm³/mol. The van der Waals surface area contributed by atoms with Gasteiger partial charge in [0.2, 0.25) is 5.95 Å². The summed E-state index contributed by atoms with van der Waals surface area (Å²) in [5, 5.41) is 3.12. The van der Waals surface area contributed by atoms with Crippen LogP contribution in [0.2, 0.25) is 0 Å². The maximum Gasteiger partial charge on any atom is 0.261 e. The minimum absolute atomic E-state index is 0.159. The number of carbonyl (C=O) groups is 1. The van der Waals surface area contributed by atoms with Gasteiger partial charge < -0.3 is 15.0 Å². The van der Waals surface area contributed by atoms with Crippen molar-refractivity contribution < 1.29 is 18.3 Å². The first-order valence-electron chi connectivity index (χ1n) is 10.3. The van der Waals surface area contributed by atoms with E-state index in [1.54, 1.807) is 4.90 Å². The zero-order valence-electron chi connectivity index (χ0n) is 17.8. The SMILES string of the molecule is Cc1cc(C)nc(Nc2cccc([C@H]3CCCN3C(=O)COc3ccc(F)cc3F)n2)n1. The van der Waals surface area contributed by atoms with Crippen LogP contribution in [0, 0.1) is 25.5 Å². The highest BCUT2D eigenvalue weighted by Crippen LogP contribution is 2.32. The molecule has 0 saturated carbocycles. The van der Waals surface area contributed by atoms with Crippen molar-refractivity contribution in [2.45, 2.75) is 32.7 Å². The zero-order valence-corrected chi connectivity index (χ0v) is 17.8. The van der Waals surface area contributed by atoms with Crippen molar-refractivity contribution in [2.24, 2.45) is 0 Å². The zero-order chi connectivity index (χ0) is 22.7. The number of rotatable bonds is 6.